The zero-order valence-corrected chi connectivity index (χ0v) is 8.85. The minimum absolute atomic E-state index is 0.0975. The van der Waals surface area contributed by atoms with E-state index in [2.05, 4.69) is 5.32 Å². The molecule has 1 rings (SSSR count). The van der Waals surface area contributed by atoms with E-state index >= 15 is 0 Å². The summed E-state index contributed by atoms with van der Waals surface area (Å²) in [5.41, 5.74) is 0.611. The average molecular weight is 218 g/mol. The topological polar surface area (TPSA) is 32.3 Å². The van der Waals surface area contributed by atoms with Crippen molar-refractivity contribution in [3.05, 3.63) is 29.0 Å². The Balaban J connectivity index is 2.73. The van der Waals surface area contributed by atoms with E-state index in [1.807, 2.05) is 6.92 Å². The first-order valence-corrected chi connectivity index (χ1v) is 4.78. The van der Waals surface area contributed by atoms with E-state index in [1.165, 1.54) is 12.1 Å². The maximum Gasteiger partial charge on any atom is 0.143 e. The molecule has 2 atom stereocenters. The van der Waals surface area contributed by atoms with E-state index < -0.39 is 11.9 Å². The summed E-state index contributed by atoms with van der Waals surface area (Å²) in [5, 5.41) is 12.3. The molecule has 0 saturated carbocycles. The highest BCUT2D eigenvalue weighted by molar-refractivity contribution is 6.30. The average Bonchev–Trinajstić information content (AvgIpc) is 2.11. The van der Waals surface area contributed by atoms with Gasteiger partial charge >= 0.3 is 0 Å². The molecule has 78 valence electrons. The molecule has 2 unspecified atom stereocenters. The molecule has 0 fully saturated rings. The molecule has 4 heteroatoms. The number of hydrogen-bond donors (Lipinski definition) is 2. The van der Waals surface area contributed by atoms with Crippen LogP contribution < -0.4 is 5.32 Å². The second-order valence-corrected chi connectivity index (χ2v) is 3.71. The number of anilines is 1. The van der Waals surface area contributed by atoms with E-state index in [4.69, 9.17) is 11.6 Å². The highest BCUT2D eigenvalue weighted by Gasteiger charge is 2.09. The predicted octanol–water partition coefficient (Wildman–Crippen LogP) is 2.66. The molecule has 2 N–H and O–H groups in total. The van der Waals surface area contributed by atoms with Gasteiger partial charge in [0.25, 0.3) is 0 Å². The van der Waals surface area contributed by atoms with Crippen LogP contribution in [-0.4, -0.2) is 17.3 Å². The molecule has 0 amide bonds. The third-order valence-corrected chi connectivity index (χ3v) is 2.34. The lowest BCUT2D eigenvalue weighted by Gasteiger charge is -2.17. The largest absolute Gasteiger partial charge is 0.391 e. The Morgan fingerprint density at radius 2 is 2.07 bits per heavy atom. The molecular weight excluding hydrogens is 205 g/mol. The first-order chi connectivity index (χ1) is 6.50. The van der Waals surface area contributed by atoms with Crippen LogP contribution in [0.3, 0.4) is 0 Å². The van der Waals surface area contributed by atoms with E-state index in [-0.39, 0.29) is 11.1 Å². The molecule has 0 aliphatic heterocycles. The van der Waals surface area contributed by atoms with Crippen molar-refractivity contribution in [1.82, 2.24) is 0 Å². The van der Waals surface area contributed by atoms with Gasteiger partial charge < -0.3 is 10.4 Å². The Labute approximate surface area is 87.7 Å². The molecule has 0 bridgehead atoms. The normalized spacial score (nSPS) is 14.9. The number of rotatable bonds is 3. The van der Waals surface area contributed by atoms with Crippen LogP contribution in [-0.2, 0) is 0 Å². The minimum atomic E-state index is -0.492. The van der Waals surface area contributed by atoms with Crippen molar-refractivity contribution in [2.45, 2.75) is 26.0 Å². The number of nitrogens with one attached hydrogen (secondary N) is 1. The number of benzene rings is 1. The quantitative estimate of drug-likeness (QED) is 0.816. The molecule has 0 aliphatic carbocycles. The Morgan fingerprint density at radius 1 is 1.43 bits per heavy atom. The van der Waals surface area contributed by atoms with Gasteiger partial charge in [0.1, 0.15) is 5.82 Å². The minimum Gasteiger partial charge on any atom is -0.391 e. The van der Waals surface area contributed by atoms with Crippen molar-refractivity contribution in [2.75, 3.05) is 5.32 Å². The monoisotopic (exact) mass is 217 g/mol. The second kappa shape index (κ2) is 4.62. The van der Waals surface area contributed by atoms with E-state index in [0.29, 0.717) is 5.69 Å². The molecule has 0 saturated heterocycles. The molecule has 1 aromatic rings. The van der Waals surface area contributed by atoms with Gasteiger partial charge in [0.05, 0.1) is 11.1 Å². The van der Waals surface area contributed by atoms with Gasteiger partial charge in [-0.15, -0.1) is 0 Å². The summed E-state index contributed by atoms with van der Waals surface area (Å²) in [7, 11) is 0. The summed E-state index contributed by atoms with van der Waals surface area (Å²) in [6, 6.07) is 4.33. The lowest BCUT2D eigenvalue weighted by Crippen LogP contribution is -2.27. The molecule has 2 nitrogen and oxygen atoms in total. The first kappa shape index (κ1) is 11.3. The molecule has 0 heterocycles. The van der Waals surface area contributed by atoms with Gasteiger partial charge in [0.2, 0.25) is 0 Å². The van der Waals surface area contributed by atoms with Crippen LogP contribution in [0.25, 0.3) is 0 Å². The van der Waals surface area contributed by atoms with Crippen LogP contribution in [0.2, 0.25) is 5.02 Å². The lowest BCUT2D eigenvalue weighted by atomic mass is 10.2. The van der Waals surface area contributed by atoms with Crippen molar-refractivity contribution >= 4 is 17.3 Å². The molecule has 14 heavy (non-hydrogen) atoms. The first-order valence-electron chi connectivity index (χ1n) is 4.40. The van der Waals surface area contributed by atoms with Crippen LogP contribution in [0, 0.1) is 5.82 Å². The summed E-state index contributed by atoms with van der Waals surface area (Å²) in [6.07, 6.45) is -0.492. The zero-order chi connectivity index (χ0) is 10.7. The Bertz CT molecular complexity index is 317. The summed E-state index contributed by atoms with van der Waals surface area (Å²) >= 11 is 5.53. The van der Waals surface area contributed by atoms with Gasteiger partial charge in [-0.25, -0.2) is 4.39 Å². The van der Waals surface area contributed by atoms with E-state index in [0.717, 1.165) is 0 Å². The highest BCUT2D eigenvalue weighted by Crippen LogP contribution is 2.19. The predicted molar refractivity (Wildman–Crippen MR) is 56.2 cm³/mol. The smallest absolute Gasteiger partial charge is 0.143 e. The summed E-state index contributed by atoms with van der Waals surface area (Å²) in [6.45, 7) is 3.49. The van der Waals surface area contributed by atoms with Crippen molar-refractivity contribution in [1.29, 1.82) is 0 Å². The number of hydrogen-bond acceptors (Lipinski definition) is 2. The van der Waals surface area contributed by atoms with Crippen molar-refractivity contribution in [3.63, 3.8) is 0 Å². The van der Waals surface area contributed by atoms with Gasteiger partial charge in [0, 0.05) is 11.7 Å². The third kappa shape index (κ3) is 2.86. The van der Waals surface area contributed by atoms with Gasteiger partial charge in [-0.2, -0.15) is 0 Å². The fraction of sp³-hybridized carbons (Fsp3) is 0.400. The van der Waals surface area contributed by atoms with Gasteiger partial charge in [-0.3, -0.25) is 0 Å². The molecule has 0 radical (unpaired) electrons. The van der Waals surface area contributed by atoms with Crippen LogP contribution in [0.15, 0.2) is 18.2 Å². The summed E-state index contributed by atoms with van der Waals surface area (Å²) < 4.78 is 13.0. The van der Waals surface area contributed by atoms with Crippen molar-refractivity contribution < 1.29 is 9.50 Å². The Morgan fingerprint density at radius 3 is 2.57 bits per heavy atom. The molecule has 0 aliphatic rings. The molecule has 1 aromatic carbocycles. The number of halogens is 2. The van der Waals surface area contributed by atoms with Crippen LogP contribution in [0.4, 0.5) is 10.1 Å². The molecular formula is C10H13ClFNO. The maximum absolute atomic E-state index is 13.0. The van der Waals surface area contributed by atoms with Crippen LogP contribution >= 0.6 is 11.6 Å². The van der Waals surface area contributed by atoms with Crippen LogP contribution in [0.1, 0.15) is 13.8 Å². The Hall–Kier alpha value is -0.800. The second-order valence-electron chi connectivity index (χ2n) is 3.30. The van der Waals surface area contributed by atoms with Crippen LogP contribution in [0.5, 0.6) is 0 Å². The highest BCUT2D eigenvalue weighted by atomic mass is 35.5. The maximum atomic E-state index is 13.0. The van der Waals surface area contributed by atoms with Crippen molar-refractivity contribution in [2.24, 2.45) is 0 Å². The van der Waals surface area contributed by atoms with E-state index in [1.54, 1.807) is 13.0 Å². The SMILES string of the molecule is CC(O)C(C)Nc1ccc(Cl)c(F)c1. The Kier molecular flexibility index (Phi) is 3.72. The fourth-order valence-corrected chi connectivity index (χ4v) is 1.09. The van der Waals surface area contributed by atoms with Gasteiger partial charge in [0.15, 0.2) is 0 Å². The lowest BCUT2D eigenvalue weighted by molar-refractivity contribution is 0.178. The number of aliphatic hydroxyl groups excluding tert-OH is 1. The van der Waals surface area contributed by atoms with Gasteiger partial charge in [-0.1, -0.05) is 11.6 Å². The summed E-state index contributed by atoms with van der Waals surface area (Å²) in [4.78, 5) is 0. The van der Waals surface area contributed by atoms with E-state index in [9.17, 15) is 9.50 Å². The summed E-state index contributed by atoms with van der Waals surface area (Å²) in [5.74, 6) is -0.463. The molecule has 0 aromatic heterocycles. The standard InChI is InChI=1S/C10H13ClFNO/c1-6(7(2)14)13-8-3-4-9(11)10(12)5-8/h3-7,13-14H,1-2H3. The number of aliphatic hydroxyl groups is 1. The zero-order valence-electron chi connectivity index (χ0n) is 8.09. The van der Waals surface area contributed by atoms with Crippen molar-refractivity contribution in [3.8, 4) is 0 Å². The molecule has 0 spiro atoms. The van der Waals surface area contributed by atoms with Gasteiger partial charge in [-0.05, 0) is 32.0 Å². The third-order valence-electron chi connectivity index (χ3n) is 2.04. The fourth-order valence-electron chi connectivity index (χ4n) is 0.969.